The fourth-order valence-electron chi connectivity index (χ4n) is 3.70. The maximum absolute atomic E-state index is 6.16. The molecule has 0 amide bonds. The Bertz CT molecular complexity index is 180. The Labute approximate surface area is 82.1 Å². The van der Waals surface area contributed by atoms with Crippen molar-refractivity contribution < 1.29 is 0 Å². The third-order valence-electron chi connectivity index (χ3n) is 4.89. The zero-order chi connectivity index (χ0) is 9.47. The van der Waals surface area contributed by atoms with Gasteiger partial charge in [0.05, 0.1) is 0 Å². The van der Waals surface area contributed by atoms with Crippen LogP contribution in [0, 0.1) is 17.3 Å². The average Bonchev–Trinajstić information content (AvgIpc) is 2.02. The van der Waals surface area contributed by atoms with Gasteiger partial charge < -0.3 is 5.73 Å². The Balaban J connectivity index is 2.01. The molecule has 2 unspecified atom stereocenters. The molecule has 1 nitrogen and oxygen atoms in total. The van der Waals surface area contributed by atoms with Crippen molar-refractivity contribution in [3.8, 4) is 0 Å². The van der Waals surface area contributed by atoms with Crippen molar-refractivity contribution in [1.82, 2.24) is 0 Å². The Morgan fingerprint density at radius 2 is 1.92 bits per heavy atom. The lowest BCUT2D eigenvalue weighted by molar-refractivity contribution is -0.104. The van der Waals surface area contributed by atoms with E-state index in [9.17, 15) is 0 Å². The molecule has 2 aliphatic carbocycles. The summed E-state index contributed by atoms with van der Waals surface area (Å²) in [4.78, 5) is 0. The molecule has 0 bridgehead atoms. The number of hydrogen-bond donors (Lipinski definition) is 1. The van der Waals surface area contributed by atoms with E-state index in [1.54, 1.807) is 0 Å². The van der Waals surface area contributed by atoms with Gasteiger partial charge in [-0.05, 0) is 36.5 Å². The van der Waals surface area contributed by atoms with Gasteiger partial charge in [-0.15, -0.1) is 0 Å². The lowest BCUT2D eigenvalue weighted by Crippen LogP contribution is -2.63. The third kappa shape index (κ3) is 1.16. The molecule has 0 aromatic heterocycles. The normalized spacial score (nSPS) is 36.0. The first-order valence-electron chi connectivity index (χ1n) is 6.00. The second kappa shape index (κ2) is 3.27. The first-order chi connectivity index (χ1) is 6.24. The molecular formula is C12H23N. The predicted molar refractivity (Wildman–Crippen MR) is 56.4 cm³/mol. The predicted octanol–water partition coefficient (Wildman–Crippen LogP) is 2.94. The van der Waals surface area contributed by atoms with Crippen LogP contribution in [0.2, 0.25) is 0 Å². The molecule has 0 aromatic rings. The third-order valence-corrected chi connectivity index (χ3v) is 4.89. The van der Waals surface area contributed by atoms with E-state index in [1.807, 2.05) is 0 Å². The highest BCUT2D eigenvalue weighted by atomic mass is 14.8. The van der Waals surface area contributed by atoms with E-state index in [1.165, 1.54) is 38.5 Å². The molecule has 0 aromatic carbocycles. The summed E-state index contributed by atoms with van der Waals surface area (Å²) in [5, 5.41) is 0. The van der Waals surface area contributed by atoms with E-state index < -0.39 is 0 Å². The zero-order valence-corrected chi connectivity index (χ0v) is 9.05. The number of hydrogen-bond acceptors (Lipinski definition) is 1. The molecule has 2 rings (SSSR count). The molecule has 0 aliphatic heterocycles. The van der Waals surface area contributed by atoms with Gasteiger partial charge in [-0.2, -0.15) is 0 Å². The van der Waals surface area contributed by atoms with Gasteiger partial charge in [-0.25, -0.2) is 0 Å². The highest BCUT2D eigenvalue weighted by molar-refractivity contribution is 5.10. The molecule has 76 valence electrons. The standard InChI is InChI=1S/C12H23N/c1-3-9(4-2)10-8-11(13)12(10)6-5-7-12/h9-11H,3-8,13H2,1-2H3. The molecule has 0 saturated heterocycles. The Morgan fingerprint density at radius 1 is 1.31 bits per heavy atom. The summed E-state index contributed by atoms with van der Waals surface area (Å²) in [6.07, 6.45) is 8.31. The summed E-state index contributed by atoms with van der Waals surface area (Å²) >= 11 is 0. The number of rotatable bonds is 3. The molecule has 1 spiro atoms. The molecule has 2 aliphatic rings. The molecule has 0 radical (unpaired) electrons. The summed E-state index contributed by atoms with van der Waals surface area (Å²) in [5.74, 6) is 1.94. The fraction of sp³-hybridized carbons (Fsp3) is 1.00. The van der Waals surface area contributed by atoms with Crippen molar-refractivity contribution in [3.63, 3.8) is 0 Å². The average molecular weight is 181 g/mol. The SMILES string of the molecule is CCC(CC)C1CC(N)C12CCC2. The van der Waals surface area contributed by atoms with Crippen LogP contribution in [0.5, 0.6) is 0 Å². The van der Waals surface area contributed by atoms with Gasteiger partial charge in [0, 0.05) is 6.04 Å². The minimum Gasteiger partial charge on any atom is -0.327 e. The van der Waals surface area contributed by atoms with Crippen LogP contribution in [0.15, 0.2) is 0 Å². The van der Waals surface area contributed by atoms with Gasteiger partial charge in [0.2, 0.25) is 0 Å². The van der Waals surface area contributed by atoms with Gasteiger partial charge in [-0.3, -0.25) is 0 Å². The van der Waals surface area contributed by atoms with Gasteiger partial charge in [0.25, 0.3) is 0 Å². The van der Waals surface area contributed by atoms with Gasteiger partial charge in [0.1, 0.15) is 0 Å². The topological polar surface area (TPSA) is 26.0 Å². The largest absolute Gasteiger partial charge is 0.327 e. The minimum atomic E-state index is 0.548. The van der Waals surface area contributed by atoms with E-state index in [0.717, 1.165) is 11.8 Å². The van der Waals surface area contributed by atoms with Crippen LogP contribution >= 0.6 is 0 Å². The maximum Gasteiger partial charge on any atom is 0.0101 e. The van der Waals surface area contributed by atoms with E-state index in [2.05, 4.69) is 13.8 Å². The summed E-state index contributed by atoms with van der Waals surface area (Å²) in [6, 6.07) is 0.548. The van der Waals surface area contributed by atoms with Crippen LogP contribution in [0.4, 0.5) is 0 Å². The van der Waals surface area contributed by atoms with Crippen molar-refractivity contribution in [2.24, 2.45) is 23.0 Å². The van der Waals surface area contributed by atoms with Crippen molar-refractivity contribution >= 4 is 0 Å². The van der Waals surface area contributed by atoms with Crippen molar-refractivity contribution in [3.05, 3.63) is 0 Å². The van der Waals surface area contributed by atoms with Crippen LogP contribution in [0.3, 0.4) is 0 Å². The molecule has 2 saturated carbocycles. The molecule has 2 N–H and O–H groups in total. The van der Waals surface area contributed by atoms with Crippen LogP contribution in [-0.4, -0.2) is 6.04 Å². The number of nitrogens with two attached hydrogens (primary N) is 1. The van der Waals surface area contributed by atoms with E-state index >= 15 is 0 Å². The fourth-order valence-corrected chi connectivity index (χ4v) is 3.70. The van der Waals surface area contributed by atoms with Gasteiger partial charge in [0.15, 0.2) is 0 Å². The summed E-state index contributed by atoms with van der Waals surface area (Å²) < 4.78 is 0. The van der Waals surface area contributed by atoms with Crippen molar-refractivity contribution in [1.29, 1.82) is 0 Å². The minimum absolute atomic E-state index is 0.548. The second-order valence-corrected chi connectivity index (χ2v) is 5.11. The summed E-state index contributed by atoms with van der Waals surface area (Å²) in [6.45, 7) is 4.68. The highest BCUT2D eigenvalue weighted by Gasteiger charge is 2.57. The van der Waals surface area contributed by atoms with E-state index in [4.69, 9.17) is 5.73 Å². The smallest absolute Gasteiger partial charge is 0.0101 e. The molecule has 1 heteroatoms. The Morgan fingerprint density at radius 3 is 2.23 bits per heavy atom. The zero-order valence-electron chi connectivity index (χ0n) is 9.05. The molecule has 2 fully saturated rings. The molecule has 13 heavy (non-hydrogen) atoms. The molecule has 2 atom stereocenters. The molecular weight excluding hydrogens is 158 g/mol. The summed E-state index contributed by atoms with van der Waals surface area (Å²) in [5.41, 5.74) is 6.78. The Hall–Kier alpha value is -0.0400. The Kier molecular flexibility index (Phi) is 2.39. The lowest BCUT2D eigenvalue weighted by Gasteiger charge is -2.63. The van der Waals surface area contributed by atoms with Gasteiger partial charge >= 0.3 is 0 Å². The monoisotopic (exact) mass is 181 g/mol. The van der Waals surface area contributed by atoms with Crippen LogP contribution in [0.1, 0.15) is 52.4 Å². The summed E-state index contributed by atoms with van der Waals surface area (Å²) in [7, 11) is 0. The van der Waals surface area contributed by atoms with E-state index in [-0.39, 0.29) is 0 Å². The van der Waals surface area contributed by atoms with Crippen molar-refractivity contribution in [2.75, 3.05) is 0 Å². The van der Waals surface area contributed by atoms with Gasteiger partial charge in [-0.1, -0.05) is 33.1 Å². The van der Waals surface area contributed by atoms with Crippen LogP contribution in [-0.2, 0) is 0 Å². The lowest BCUT2D eigenvalue weighted by atomic mass is 9.44. The van der Waals surface area contributed by atoms with E-state index in [0.29, 0.717) is 11.5 Å². The molecule has 0 heterocycles. The second-order valence-electron chi connectivity index (χ2n) is 5.11. The first kappa shape index (κ1) is 9.51. The quantitative estimate of drug-likeness (QED) is 0.711. The highest BCUT2D eigenvalue weighted by Crippen LogP contribution is 2.62. The van der Waals surface area contributed by atoms with Crippen LogP contribution in [0.25, 0.3) is 0 Å². The van der Waals surface area contributed by atoms with Crippen LogP contribution < -0.4 is 5.73 Å². The first-order valence-corrected chi connectivity index (χ1v) is 6.00. The maximum atomic E-state index is 6.16. The van der Waals surface area contributed by atoms with Crippen molar-refractivity contribution in [2.45, 2.75) is 58.4 Å².